The van der Waals surface area contributed by atoms with Crippen LogP contribution in [0.4, 0.5) is 5.88 Å². The lowest BCUT2D eigenvalue weighted by Crippen LogP contribution is -1.86. The molecule has 1 fully saturated rings. The molecule has 10 heavy (non-hydrogen) atoms. The Morgan fingerprint density at radius 1 is 1.60 bits per heavy atom. The molecule has 0 aromatic carbocycles. The number of aromatic nitrogens is 1. The monoisotopic (exact) mass is 158 g/mol. The average molecular weight is 159 g/mol. The Balaban J connectivity index is 2.44. The van der Waals surface area contributed by atoms with E-state index in [9.17, 15) is 0 Å². The fourth-order valence-corrected chi connectivity index (χ4v) is 1.31. The van der Waals surface area contributed by atoms with Crippen molar-refractivity contribution >= 4 is 17.5 Å². The highest BCUT2D eigenvalue weighted by Gasteiger charge is 2.30. The van der Waals surface area contributed by atoms with E-state index in [0.29, 0.717) is 17.0 Å². The molecule has 0 aliphatic heterocycles. The molecule has 0 bridgehead atoms. The molecule has 0 radical (unpaired) electrons. The molecule has 1 aromatic rings. The van der Waals surface area contributed by atoms with E-state index in [1.54, 1.807) is 0 Å². The summed E-state index contributed by atoms with van der Waals surface area (Å²) in [6.45, 7) is 0. The van der Waals surface area contributed by atoms with Crippen molar-refractivity contribution in [3.05, 3.63) is 10.7 Å². The Bertz CT molecular complexity index is 235. The van der Waals surface area contributed by atoms with E-state index in [1.807, 2.05) is 0 Å². The topological polar surface area (TPSA) is 52.0 Å². The summed E-state index contributed by atoms with van der Waals surface area (Å²) in [5, 5.41) is 3.97. The van der Waals surface area contributed by atoms with Gasteiger partial charge in [0.05, 0.1) is 5.56 Å². The molecule has 1 heterocycles. The van der Waals surface area contributed by atoms with Gasteiger partial charge in [-0.1, -0.05) is 16.8 Å². The van der Waals surface area contributed by atoms with E-state index >= 15 is 0 Å². The van der Waals surface area contributed by atoms with E-state index in [4.69, 9.17) is 21.9 Å². The van der Waals surface area contributed by atoms with E-state index in [0.717, 1.165) is 18.4 Å². The Morgan fingerprint density at radius 3 is 2.70 bits per heavy atom. The van der Waals surface area contributed by atoms with Crippen LogP contribution in [0.3, 0.4) is 0 Å². The standard InChI is InChI=1S/C6H7ClN2O/c7-5-4(3-1-2-3)6(8)10-9-5/h3H,1-2,8H2. The van der Waals surface area contributed by atoms with Crippen molar-refractivity contribution in [2.24, 2.45) is 0 Å². The van der Waals surface area contributed by atoms with Gasteiger partial charge in [-0.2, -0.15) is 0 Å². The lowest BCUT2D eigenvalue weighted by Gasteiger charge is -1.89. The van der Waals surface area contributed by atoms with Crippen LogP contribution in [0.5, 0.6) is 0 Å². The highest BCUT2D eigenvalue weighted by molar-refractivity contribution is 6.30. The summed E-state index contributed by atoms with van der Waals surface area (Å²) < 4.78 is 4.69. The summed E-state index contributed by atoms with van der Waals surface area (Å²) in [5.41, 5.74) is 6.37. The molecule has 2 rings (SSSR count). The minimum Gasteiger partial charge on any atom is -0.367 e. The number of halogens is 1. The van der Waals surface area contributed by atoms with Gasteiger partial charge in [0.1, 0.15) is 0 Å². The maximum Gasteiger partial charge on any atom is 0.227 e. The van der Waals surface area contributed by atoms with Gasteiger partial charge in [0, 0.05) is 0 Å². The third-order valence-corrected chi connectivity index (χ3v) is 1.97. The first kappa shape index (κ1) is 6.04. The van der Waals surface area contributed by atoms with Gasteiger partial charge in [-0.25, -0.2) is 0 Å². The summed E-state index contributed by atoms with van der Waals surface area (Å²) in [7, 11) is 0. The number of anilines is 1. The number of hydrogen-bond donors (Lipinski definition) is 1. The highest BCUT2D eigenvalue weighted by Crippen LogP contribution is 2.45. The summed E-state index contributed by atoms with van der Waals surface area (Å²) >= 11 is 5.70. The Morgan fingerprint density at radius 2 is 2.30 bits per heavy atom. The van der Waals surface area contributed by atoms with Gasteiger partial charge in [0.15, 0.2) is 5.15 Å². The first-order chi connectivity index (χ1) is 4.79. The summed E-state index contributed by atoms with van der Waals surface area (Å²) in [6, 6.07) is 0. The fraction of sp³-hybridized carbons (Fsp3) is 0.500. The van der Waals surface area contributed by atoms with E-state index < -0.39 is 0 Å². The van der Waals surface area contributed by atoms with Gasteiger partial charge in [-0.3, -0.25) is 0 Å². The molecular weight excluding hydrogens is 152 g/mol. The molecule has 0 saturated heterocycles. The first-order valence-corrected chi connectivity index (χ1v) is 3.57. The molecule has 0 unspecified atom stereocenters. The van der Waals surface area contributed by atoms with Crippen LogP contribution in [-0.2, 0) is 0 Å². The van der Waals surface area contributed by atoms with Crippen LogP contribution < -0.4 is 5.73 Å². The van der Waals surface area contributed by atoms with E-state index in [2.05, 4.69) is 5.16 Å². The largest absolute Gasteiger partial charge is 0.367 e. The molecular formula is C6H7ClN2O. The van der Waals surface area contributed by atoms with Gasteiger partial charge in [0.2, 0.25) is 5.88 Å². The first-order valence-electron chi connectivity index (χ1n) is 3.19. The maximum absolute atomic E-state index is 5.70. The number of hydrogen-bond acceptors (Lipinski definition) is 3. The Labute approximate surface area is 63.1 Å². The second-order valence-corrected chi connectivity index (χ2v) is 2.88. The predicted molar refractivity (Wildman–Crippen MR) is 37.9 cm³/mol. The lowest BCUT2D eigenvalue weighted by atomic mass is 10.2. The minimum absolute atomic E-state index is 0.382. The third kappa shape index (κ3) is 0.778. The summed E-state index contributed by atoms with van der Waals surface area (Å²) in [4.78, 5) is 0. The highest BCUT2D eigenvalue weighted by atomic mass is 35.5. The van der Waals surface area contributed by atoms with Gasteiger partial charge < -0.3 is 10.3 Å². The molecule has 1 aliphatic rings. The summed E-state index contributed by atoms with van der Waals surface area (Å²) in [6.07, 6.45) is 2.32. The van der Waals surface area contributed by atoms with Crippen LogP contribution in [0, 0.1) is 0 Å². The number of nitrogen functional groups attached to an aromatic ring is 1. The molecule has 0 atom stereocenters. The van der Waals surface area contributed by atoms with Crippen molar-refractivity contribution in [1.82, 2.24) is 5.16 Å². The molecule has 3 nitrogen and oxygen atoms in total. The van der Waals surface area contributed by atoms with Crippen LogP contribution in [-0.4, -0.2) is 5.16 Å². The maximum atomic E-state index is 5.70. The molecule has 1 saturated carbocycles. The lowest BCUT2D eigenvalue weighted by molar-refractivity contribution is 0.436. The van der Waals surface area contributed by atoms with Gasteiger partial charge >= 0.3 is 0 Å². The van der Waals surface area contributed by atoms with Crippen LogP contribution in [0.15, 0.2) is 4.52 Å². The van der Waals surface area contributed by atoms with Crippen LogP contribution >= 0.6 is 11.6 Å². The predicted octanol–water partition coefficient (Wildman–Crippen LogP) is 1.79. The zero-order valence-electron chi connectivity index (χ0n) is 5.30. The zero-order chi connectivity index (χ0) is 7.14. The van der Waals surface area contributed by atoms with Crippen molar-refractivity contribution in [3.63, 3.8) is 0 Å². The smallest absolute Gasteiger partial charge is 0.227 e. The quantitative estimate of drug-likeness (QED) is 0.678. The molecule has 1 aliphatic carbocycles. The second kappa shape index (κ2) is 1.89. The van der Waals surface area contributed by atoms with Gasteiger partial charge in [0.25, 0.3) is 0 Å². The zero-order valence-corrected chi connectivity index (χ0v) is 6.06. The molecule has 54 valence electrons. The van der Waals surface area contributed by atoms with Crippen molar-refractivity contribution in [2.45, 2.75) is 18.8 Å². The fourth-order valence-electron chi connectivity index (χ4n) is 1.03. The summed E-state index contributed by atoms with van der Waals surface area (Å²) in [5.74, 6) is 0.895. The average Bonchev–Trinajstić information content (AvgIpc) is 2.64. The Kier molecular flexibility index (Phi) is 1.14. The number of nitrogens with two attached hydrogens (primary N) is 1. The normalized spacial score (nSPS) is 17.7. The minimum atomic E-state index is 0.382. The van der Waals surface area contributed by atoms with Gasteiger partial charge in [-0.05, 0) is 18.8 Å². The second-order valence-electron chi connectivity index (χ2n) is 2.53. The molecule has 2 N–H and O–H groups in total. The van der Waals surface area contributed by atoms with Crippen LogP contribution in [0.2, 0.25) is 5.15 Å². The molecule has 1 aromatic heterocycles. The number of nitrogens with zero attached hydrogens (tertiary/aromatic N) is 1. The van der Waals surface area contributed by atoms with Gasteiger partial charge in [-0.15, -0.1) is 0 Å². The van der Waals surface area contributed by atoms with Crippen LogP contribution in [0.1, 0.15) is 24.3 Å². The van der Waals surface area contributed by atoms with Crippen molar-refractivity contribution in [2.75, 3.05) is 5.73 Å². The van der Waals surface area contributed by atoms with Crippen molar-refractivity contribution in [3.8, 4) is 0 Å². The number of rotatable bonds is 1. The molecule has 0 spiro atoms. The van der Waals surface area contributed by atoms with Crippen molar-refractivity contribution < 1.29 is 4.52 Å². The van der Waals surface area contributed by atoms with E-state index in [-0.39, 0.29) is 0 Å². The van der Waals surface area contributed by atoms with E-state index in [1.165, 1.54) is 0 Å². The van der Waals surface area contributed by atoms with Crippen molar-refractivity contribution in [1.29, 1.82) is 0 Å². The molecule has 0 amide bonds. The third-order valence-electron chi connectivity index (χ3n) is 1.70. The van der Waals surface area contributed by atoms with Crippen LogP contribution in [0.25, 0.3) is 0 Å². The Hall–Kier alpha value is -0.700. The SMILES string of the molecule is Nc1onc(Cl)c1C1CC1. The molecule has 4 heteroatoms.